The molecule has 0 saturated heterocycles. The van der Waals surface area contributed by atoms with Gasteiger partial charge in [-0.05, 0) is 36.8 Å². The van der Waals surface area contributed by atoms with Crippen molar-refractivity contribution in [3.8, 4) is 28.4 Å². The molecule has 35 heavy (non-hydrogen) atoms. The average molecular weight is 506 g/mol. The van der Waals surface area contributed by atoms with Crippen LogP contribution in [0.5, 0.6) is 5.75 Å². The number of nitrogens with zero attached hydrogens (tertiary/aromatic N) is 4. The van der Waals surface area contributed by atoms with E-state index in [2.05, 4.69) is 10.3 Å². The van der Waals surface area contributed by atoms with Crippen LogP contribution in [0.2, 0.25) is 0 Å². The highest BCUT2D eigenvalue weighted by Crippen LogP contribution is 2.33. The number of anilines is 1. The first-order chi connectivity index (χ1) is 17.0. The number of thiazole rings is 1. The molecule has 8 nitrogen and oxygen atoms in total. The van der Waals surface area contributed by atoms with Crippen molar-refractivity contribution in [3.63, 3.8) is 0 Å². The summed E-state index contributed by atoms with van der Waals surface area (Å²) in [5, 5.41) is 5.15. The molecule has 0 unspecified atom stereocenters. The fourth-order valence-corrected chi connectivity index (χ4v) is 5.79. The van der Waals surface area contributed by atoms with Crippen LogP contribution in [-0.4, -0.2) is 47.2 Å². The van der Waals surface area contributed by atoms with Crippen molar-refractivity contribution in [1.82, 2.24) is 19.4 Å². The van der Waals surface area contributed by atoms with Crippen molar-refractivity contribution >= 4 is 32.1 Å². The van der Waals surface area contributed by atoms with Gasteiger partial charge in [0.25, 0.3) is 0 Å². The number of imidazole rings is 1. The first-order valence-corrected chi connectivity index (χ1v) is 13.5. The van der Waals surface area contributed by atoms with Gasteiger partial charge in [-0.1, -0.05) is 30.3 Å². The zero-order chi connectivity index (χ0) is 24.3. The van der Waals surface area contributed by atoms with E-state index in [1.165, 1.54) is 0 Å². The third kappa shape index (κ3) is 4.89. The Morgan fingerprint density at radius 1 is 1.03 bits per heavy atom. The van der Waals surface area contributed by atoms with E-state index in [-0.39, 0.29) is 10.6 Å². The molecule has 0 aliphatic heterocycles. The second kappa shape index (κ2) is 9.85. The topological polar surface area (TPSA) is 98.5 Å². The van der Waals surface area contributed by atoms with Crippen LogP contribution in [0.1, 0.15) is 6.42 Å². The number of rotatable bonds is 9. The quantitative estimate of drug-likeness (QED) is 0.287. The Bertz CT molecular complexity index is 1550. The Balaban J connectivity index is 1.31. The van der Waals surface area contributed by atoms with Crippen LogP contribution in [0.3, 0.4) is 0 Å². The number of ether oxygens (including phenoxy) is 1. The lowest BCUT2D eigenvalue weighted by molar-refractivity contribution is 0.414. The van der Waals surface area contributed by atoms with Gasteiger partial charge in [-0.15, -0.1) is 11.3 Å². The number of nitrogens with one attached hydrogen (secondary N) is 1. The normalized spacial score (nSPS) is 11.6. The number of fused-ring (bicyclic) bond motifs is 1. The predicted octanol–water partition coefficient (Wildman–Crippen LogP) is 4.80. The second-order valence-corrected chi connectivity index (χ2v) is 10.8. The minimum absolute atomic E-state index is 0.0162. The number of sulfone groups is 1. The molecular formula is C25H23N5O3S2. The third-order valence-corrected chi connectivity index (χ3v) is 8.07. The summed E-state index contributed by atoms with van der Waals surface area (Å²) in [4.78, 5) is 15.0. The van der Waals surface area contributed by atoms with E-state index in [9.17, 15) is 8.42 Å². The first kappa shape index (κ1) is 23.0. The van der Waals surface area contributed by atoms with Gasteiger partial charge < -0.3 is 10.1 Å². The van der Waals surface area contributed by atoms with E-state index in [1.807, 2.05) is 52.4 Å². The van der Waals surface area contributed by atoms with Gasteiger partial charge in [0, 0.05) is 29.9 Å². The molecule has 3 heterocycles. The maximum Gasteiger partial charge on any atom is 0.223 e. The molecule has 0 amide bonds. The first-order valence-electron chi connectivity index (χ1n) is 11.0. The maximum absolute atomic E-state index is 12.6. The summed E-state index contributed by atoms with van der Waals surface area (Å²) in [5.74, 6) is 1.08. The molecule has 0 spiro atoms. The summed E-state index contributed by atoms with van der Waals surface area (Å²) in [6.07, 6.45) is 4.09. The summed E-state index contributed by atoms with van der Waals surface area (Å²) in [6, 6.07) is 18.3. The maximum atomic E-state index is 12.6. The standard InChI is InChI=1S/C25H23N5O3S2/c1-33-19-8-10-20(11-9-19)35(31,32)17-5-13-26-24-27-14-12-21(28-24)23-22(18-6-3-2-4-7-18)29-25-30(23)15-16-34-25/h2-4,6-12,14-16H,5,13,17H2,1H3,(H,26,27,28). The molecule has 5 rings (SSSR count). The van der Waals surface area contributed by atoms with Gasteiger partial charge in [0.05, 0.1) is 29.1 Å². The fraction of sp³-hybridized carbons (Fsp3) is 0.160. The number of hydrogen-bond acceptors (Lipinski definition) is 8. The summed E-state index contributed by atoms with van der Waals surface area (Å²) in [7, 11) is -1.84. The fourth-order valence-electron chi connectivity index (χ4n) is 3.77. The van der Waals surface area contributed by atoms with E-state index < -0.39 is 9.84 Å². The average Bonchev–Trinajstić information content (AvgIpc) is 3.49. The van der Waals surface area contributed by atoms with E-state index in [1.54, 1.807) is 48.9 Å². The molecule has 3 aromatic heterocycles. The Hall–Kier alpha value is -3.76. The summed E-state index contributed by atoms with van der Waals surface area (Å²) in [5.41, 5.74) is 3.49. The van der Waals surface area contributed by atoms with E-state index in [0.717, 1.165) is 27.6 Å². The Morgan fingerprint density at radius 2 is 1.83 bits per heavy atom. The minimum atomic E-state index is -3.38. The zero-order valence-electron chi connectivity index (χ0n) is 19.0. The smallest absolute Gasteiger partial charge is 0.223 e. The highest BCUT2D eigenvalue weighted by molar-refractivity contribution is 7.91. The van der Waals surface area contributed by atoms with Crippen molar-refractivity contribution in [2.45, 2.75) is 11.3 Å². The van der Waals surface area contributed by atoms with Crippen LogP contribution >= 0.6 is 11.3 Å². The lowest BCUT2D eigenvalue weighted by Crippen LogP contribution is -2.13. The zero-order valence-corrected chi connectivity index (χ0v) is 20.6. The van der Waals surface area contributed by atoms with Gasteiger partial charge >= 0.3 is 0 Å². The number of hydrogen-bond donors (Lipinski definition) is 1. The number of benzene rings is 2. The molecule has 5 aromatic rings. The van der Waals surface area contributed by atoms with Crippen molar-refractivity contribution in [2.75, 3.05) is 24.7 Å². The molecule has 0 atom stereocenters. The highest BCUT2D eigenvalue weighted by Gasteiger charge is 2.18. The molecule has 0 fully saturated rings. The van der Waals surface area contributed by atoms with Crippen LogP contribution < -0.4 is 10.1 Å². The summed E-state index contributed by atoms with van der Waals surface area (Å²) >= 11 is 1.56. The van der Waals surface area contributed by atoms with Gasteiger partial charge in [-0.2, -0.15) is 0 Å². The van der Waals surface area contributed by atoms with Gasteiger partial charge in [-0.25, -0.2) is 23.4 Å². The van der Waals surface area contributed by atoms with Gasteiger partial charge in [-0.3, -0.25) is 4.40 Å². The van der Waals surface area contributed by atoms with Crippen LogP contribution in [0.25, 0.3) is 27.6 Å². The SMILES string of the molecule is COc1ccc(S(=O)(=O)CCCNc2nccc(-c3c(-c4ccccc4)nc4sccn34)n2)cc1. The van der Waals surface area contributed by atoms with E-state index in [0.29, 0.717) is 24.7 Å². The van der Waals surface area contributed by atoms with Crippen LogP contribution in [-0.2, 0) is 9.84 Å². The monoisotopic (exact) mass is 505 g/mol. The Morgan fingerprint density at radius 3 is 2.60 bits per heavy atom. The van der Waals surface area contributed by atoms with E-state index in [4.69, 9.17) is 14.7 Å². The molecule has 10 heteroatoms. The molecule has 0 saturated carbocycles. The highest BCUT2D eigenvalue weighted by atomic mass is 32.2. The molecule has 0 bridgehead atoms. The molecule has 0 radical (unpaired) electrons. The Labute approximate surface area is 207 Å². The molecule has 0 aliphatic rings. The number of aromatic nitrogens is 4. The molecular weight excluding hydrogens is 482 g/mol. The van der Waals surface area contributed by atoms with Gasteiger partial charge in [0.2, 0.25) is 5.95 Å². The Kier molecular flexibility index (Phi) is 6.47. The molecule has 0 aliphatic carbocycles. The predicted molar refractivity (Wildman–Crippen MR) is 138 cm³/mol. The summed E-state index contributed by atoms with van der Waals surface area (Å²) in [6.45, 7) is 0.421. The van der Waals surface area contributed by atoms with Gasteiger partial charge in [0.1, 0.15) is 11.4 Å². The van der Waals surface area contributed by atoms with Crippen LogP contribution in [0.15, 0.2) is 83.3 Å². The van der Waals surface area contributed by atoms with Crippen molar-refractivity contribution in [2.24, 2.45) is 0 Å². The summed E-state index contributed by atoms with van der Waals surface area (Å²) < 4.78 is 32.4. The van der Waals surface area contributed by atoms with E-state index >= 15 is 0 Å². The lowest BCUT2D eigenvalue weighted by Gasteiger charge is -2.09. The third-order valence-electron chi connectivity index (χ3n) is 5.50. The van der Waals surface area contributed by atoms with Gasteiger partial charge in [0.15, 0.2) is 14.8 Å². The van der Waals surface area contributed by atoms with Crippen molar-refractivity contribution < 1.29 is 13.2 Å². The largest absolute Gasteiger partial charge is 0.497 e. The molecule has 2 aromatic carbocycles. The second-order valence-electron chi connectivity index (χ2n) is 7.77. The van der Waals surface area contributed by atoms with Crippen molar-refractivity contribution in [3.05, 3.63) is 78.4 Å². The van der Waals surface area contributed by atoms with Crippen LogP contribution in [0, 0.1) is 0 Å². The lowest BCUT2D eigenvalue weighted by atomic mass is 10.1. The van der Waals surface area contributed by atoms with Crippen LogP contribution in [0.4, 0.5) is 5.95 Å². The molecule has 178 valence electrons. The molecule has 1 N–H and O–H groups in total. The minimum Gasteiger partial charge on any atom is -0.497 e. The number of methoxy groups -OCH3 is 1. The van der Waals surface area contributed by atoms with Crippen molar-refractivity contribution in [1.29, 1.82) is 0 Å².